The van der Waals surface area contributed by atoms with Crippen LogP contribution in [0.15, 0.2) is 12.5 Å². The Morgan fingerprint density at radius 2 is 2.33 bits per heavy atom. The molecule has 0 aliphatic rings. The van der Waals surface area contributed by atoms with Crippen LogP contribution in [0.5, 0.6) is 0 Å². The monoisotopic (exact) mass is 209 g/mol. The summed E-state index contributed by atoms with van der Waals surface area (Å²) in [6.45, 7) is 0.485. The number of hydrogen-bond donors (Lipinski definition) is 2. The van der Waals surface area contributed by atoms with Gasteiger partial charge >= 0.3 is 0 Å². The van der Waals surface area contributed by atoms with Gasteiger partial charge in [0.05, 0.1) is 24.8 Å². The summed E-state index contributed by atoms with van der Waals surface area (Å²) in [7, 11) is 0. The molecule has 0 saturated heterocycles. The van der Waals surface area contributed by atoms with E-state index in [-0.39, 0.29) is 19.9 Å². The molecular weight excluding hydrogens is 198 g/mol. The van der Waals surface area contributed by atoms with Crippen LogP contribution < -0.4 is 5.73 Å². The molecule has 0 saturated carbocycles. The summed E-state index contributed by atoms with van der Waals surface area (Å²) in [5.74, 6) is 0.397. The maximum Gasteiger partial charge on any atom is 0.165 e. The molecular formula is C8H11N5O2. The van der Waals surface area contributed by atoms with Crippen LogP contribution in [0.3, 0.4) is 0 Å². The normalized spacial score (nSPS) is 11.0. The van der Waals surface area contributed by atoms with Crippen molar-refractivity contribution in [2.75, 3.05) is 18.9 Å². The van der Waals surface area contributed by atoms with Crippen LogP contribution in [0.1, 0.15) is 0 Å². The molecule has 2 aromatic rings. The Balaban J connectivity index is 2.25. The number of fused-ring (bicyclic) bond motifs is 1. The van der Waals surface area contributed by atoms with Crippen LogP contribution in [0, 0.1) is 0 Å². The van der Waals surface area contributed by atoms with Crippen molar-refractivity contribution < 1.29 is 9.84 Å². The smallest absolute Gasteiger partial charge is 0.165 e. The van der Waals surface area contributed by atoms with E-state index in [0.29, 0.717) is 16.9 Å². The minimum Gasteiger partial charge on any atom is -0.394 e. The fraction of sp³-hybridized carbons (Fsp3) is 0.375. The van der Waals surface area contributed by atoms with Crippen molar-refractivity contribution in [3.63, 3.8) is 0 Å². The maximum atomic E-state index is 8.55. The summed E-state index contributed by atoms with van der Waals surface area (Å²) in [4.78, 5) is 7.90. The molecule has 3 N–H and O–H groups in total. The topological polar surface area (TPSA) is 99.1 Å². The van der Waals surface area contributed by atoms with Crippen molar-refractivity contribution in [3.05, 3.63) is 12.5 Å². The molecule has 2 heterocycles. The molecule has 0 spiro atoms. The highest BCUT2D eigenvalue weighted by Crippen LogP contribution is 2.14. The lowest BCUT2D eigenvalue weighted by Crippen LogP contribution is -2.07. The van der Waals surface area contributed by atoms with E-state index in [1.165, 1.54) is 6.33 Å². The number of rotatable bonds is 4. The molecule has 0 radical (unpaired) electrons. The molecule has 80 valence electrons. The quantitative estimate of drug-likeness (QED) is 0.651. The van der Waals surface area contributed by atoms with E-state index in [9.17, 15) is 0 Å². The average Bonchev–Trinajstić information content (AvgIpc) is 2.64. The molecule has 0 amide bonds. The van der Waals surface area contributed by atoms with Gasteiger partial charge in [0.15, 0.2) is 5.65 Å². The molecule has 0 aliphatic heterocycles. The van der Waals surface area contributed by atoms with Crippen molar-refractivity contribution in [2.45, 2.75) is 6.73 Å². The van der Waals surface area contributed by atoms with E-state index < -0.39 is 0 Å². The van der Waals surface area contributed by atoms with Gasteiger partial charge in [-0.2, -0.15) is 5.10 Å². The summed E-state index contributed by atoms with van der Waals surface area (Å²) in [5.41, 5.74) is 6.26. The average molecular weight is 209 g/mol. The molecule has 0 aliphatic carbocycles. The summed E-state index contributed by atoms with van der Waals surface area (Å²) in [5, 5.41) is 13.3. The van der Waals surface area contributed by atoms with Gasteiger partial charge in [-0.05, 0) is 0 Å². The number of aliphatic hydroxyl groups excluding tert-OH is 1. The fourth-order valence-electron chi connectivity index (χ4n) is 1.22. The molecule has 0 bridgehead atoms. The first-order valence-electron chi connectivity index (χ1n) is 4.43. The maximum absolute atomic E-state index is 8.55. The highest BCUT2D eigenvalue weighted by Gasteiger charge is 2.06. The molecule has 2 rings (SSSR count). The SMILES string of the molecule is Nc1ncnc2c1cnn2COCCO. The number of nitrogen functional groups attached to an aromatic ring is 1. The van der Waals surface area contributed by atoms with Crippen molar-refractivity contribution >= 4 is 16.9 Å². The van der Waals surface area contributed by atoms with Crippen LogP contribution in [-0.4, -0.2) is 38.1 Å². The van der Waals surface area contributed by atoms with Crippen molar-refractivity contribution in [1.82, 2.24) is 19.7 Å². The van der Waals surface area contributed by atoms with Crippen LogP contribution in [-0.2, 0) is 11.5 Å². The second kappa shape index (κ2) is 4.20. The van der Waals surface area contributed by atoms with Gasteiger partial charge in [0.1, 0.15) is 18.9 Å². The van der Waals surface area contributed by atoms with Gasteiger partial charge in [0.25, 0.3) is 0 Å². The second-order valence-corrected chi connectivity index (χ2v) is 2.90. The Hall–Kier alpha value is -1.73. The molecule has 15 heavy (non-hydrogen) atoms. The fourth-order valence-corrected chi connectivity index (χ4v) is 1.22. The zero-order chi connectivity index (χ0) is 10.7. The Kier molecular flexibility index (Phi) is 2.75. The van der Waals surface area contributed by atoms with Gasteiger partial charge in [-0.15, -0.1) is 0 Å². The molecule has 7 heteroatoms. The summed E-state index contributed by atoms with van der Waals surface area (Å²) in [6.07, 6.45) is 2.97. The van der Waals surface area contributed by atoms with E-state index in [2.05, 4.69) is 15.1 Å². The highest BCUT2D eigenvalue weighted by molar-refractivity contribution is 5.84. The minimum absolute atomic E-state index is 0.0175. The summed E-state index contributed by atoms with van der Waals surface area (Å²) in [6, 6.07) is 0. The van der Waals surface area contributed by atoms with Gasteiger partial charge in [-0.1, -0.05) is 0 Å². The van der Waals surface area contributed by atoms with Gasteiger partial charge in [0, 0.05) is 0 Å². The number of aromatic nitrogens is 4. The van der Waals surface area contributed by atoms with E-state index in [0.717, 1.165) is 0 Å². The first-order chi connectivity index (χ1) is 7.33. The van der Waals surface area contributed by atoms with Crippen molar-refractivity contribution in [2.24, 2.45) is 0 Å². The predicted molar refractivity (Wildman–Crippen MR) is 52.8 cm³/mol. The molecule has 7 nitrogen and oxygen atoms in total. The second-order valence-electron chi connectivity index (χ2n) is 2.90. The molecule has 0 unspecified atom stereocenters. The molecule has 0 aromatic carbocycles. The number of nitrogens with two attached hydrogens (primary N) is 1. The van der Waals surface area contributed by atoms with Gasteiger partial charge < -0.3 is 15.6 Å². The number of ether oxygens (including phenoxy) is 1. The number of anilines is 1. The number of aliphatic hydroxyl groups is 1. The standard InChI is InChI=1S/C8H11N5O2/c9-7-6-3-12-13(5-15-2-1-14)8(6)11-4-10-7/h3-4,14H,1-2,5H2,(H2,9,10,11). The zero-order valence-electron chi connectivity index (χ0n) is 8.00. The van der Waals surface area contributed by atoms with E-state index in [1.807, 2.05) is 0 Å². The Bertz CT molecular complexity index is 455. The van der Waals surface area contributed by atoms with E-state index in [1.54, 1.807) is 10.9 Å². The van der Waals surface area contributed by atoms with Gasteiger partial charge in [0.2, 0.25) is 0 Å². The lowest BCUT2D eigenvalue weighted by Gasteiger charge is -2.02. The Morgan fingerprint density at radius 3 is 3.13 bits per heavy atom. The zero-order valence-corrected chi connectivity index (χ0v) is 8.00. The van der Waals surface area contributed by atoms with Crippen molar-refractivity contribution in [1.29, 1.82) is 0 Å². The van der Waals surface area contributed by atoms with Crippen LogP contribution >= 0.6 is 0 Å². The largest absolute Gasteiger partial charge is 0.394 e. The van der Waals surface area contributed by atoms with Gasteiger partial charge in [-0.3, -0.25) is 0 Å². The van der Waals surface area contributed by atoms with E-state index >= 15 is 0 Å². The predicted octanol–water partition coefficient (Wildman–Crippen LogP) is -0.625. The summed E-state index contributed by atoms with van der Waals surface area (Å²) >= 11 is 0. The van der Waals surface area contributed by atoms with Gasteiger partial charge in [-0.25, -0.2) is 14.6 Å². The Morgan fingerprint density at radius 1 is 1.47 bits per heavy atom. The summed E-state index contributed by atoms with van der Waals surface area (Å²) < 4.78 is 6.68. The molecule has 2 aromatic heterocycles. The Labute approximate surface area is 85.5 Å². The molecule has 0 atom stereocenters. The number of hydrogen-bond acceptors (Lipinski definition) is 6. The number of nitrogens with zero attached hydrogens (tertiary/aromatic N) is 4. The van der Waals surface area contributed by atoms with Crippen LogP contribution in [0.4, 0.5) is 5.82 Å². The molecule has 0 fully saturated rings. The lowest BCUT2D eigenvalue weighted by atomic mass is 10.4. The minimum atomic E-state index is -0.0175. The third-order valence-corrected chi connectivity index (χ3v) is 1.91. The first-order valence-corrected chi connectivity index (χ1v) is 4.43. The van der Waals surface area contributed by atoms with Crippen LogP contribution in [0.2, 0.25) is 0 Å². The lowest BCUT2D eigenvalue weighted by molar-refractivity contribution is 0.0439. The highest BCUT2D eigenvalue weighted by atomic mass is 16.5. The van der Waals surface area contributed by atoms with Crippen LogP contribution in [0.25, 0.3) is 11.0 Å². The van der Waals surface area contributed by atoms with Crippen molar-refractivity contribution in [3.8, 4) is 0 Å². The third-order valence-electron chi connectivity index (χ3n) is 1.91. The first kappa shape index (κ1) is 9.81. The van der Waals surface area contributed by atoms with E-state index in [4.69, 9.17) is 15.6 Å². The third kappa shape index (κ3) is 1.88.